The minimum atomic E-state index is 0.721. The number of hydrogen-bond acceptors (Lipinski definition) is 3. The monoisotopic (exact) mass is 322 g/mol. The lowest BCUT2D eigenvalue weighted by Crippen LogP contribution is -1.92. The van der Waals surface area contributed by atoms with E-state index in [2.05, 4.69) is 53.0 Å². The fraction of sp³-hybridized carbons (Fsp3) is 0.214. The maximum Gasteiger partial charge on any atom is 0.0650 e. The number of pyridine rings is 1. The SMILES string of the molecule is Cc1cc(C)cc(CSc2c(N)cncc2Br)c1. The highest BCUT2D eigenvalue weighted by Crippen LogP contribution is 2.34. The molecule has 0 atom stereocenters. The van der Waals surface area contributed by atoms with Gasteiger partial charge in [-0.1, -0.05) is 29.3 Å². The number of benzene rings is 1. The van der Waals surface area contributed by atoms with Crippen molar-refractivity contribution in [3.8, 4) is 0 Å². The van der Waals surface area contributed by atoms with E-state index in [0.717, 1.165) is 20.8 Å². The summed E-state index contributed by atoms with van der Waals surface area (Å²) in [5, 5.41) is 0. The van der Waals surface area contributed by atoms with Gasteiger partial charge in [0.05, 0.1) is 16.4 Å². The number of aromatic nitrogens is 1. The van der Waals surface area contributed by atoms with Crippen LogP contribution in [0.4, 0.5) is 5.69 Å². The molecule has 0 saturated heterocycles. The fourth-order valence-corrected chi connectivity index (χ4v) is 3.48. The van der Waals surface area contributed by atoms with Crippen molar-refractivity contribution >= 4 is 33.4 Å². The zero-order valence-corrected chi connectivity index (χ0v) is 12.8. The van der Waals surface area contributed by atoms with E-state index in [1.54, 1.807) is 24.2 Å². The quantitative estimate of drug-likeness (QED) is 0.854. The lowest BCUT2D eigenvalue weighted by Gasteiger charge is -2.08. The zero-order chi connectivity index (χ0) is 13.1. The van der Waals surface area contributed by atoms with Gasteiger partial charge in [-0.05, 0) is 35.3 Å². The van der Waals surface area contributed by atoms with E-state index in [1.807, 2.05) is 0 Å². The second-order valence-corrected chi connectivity index (χ2v) is 6.16. The van der Waals surface area contributed by atoms with Crippen LogP contribution in [-0.2, 0) is 5.75 Å². The first-order chi connectivity index (χ1) is 8.56. The number of hydrogen-bond donors (Lipinski definition) is 1. The lowest BCUT2D eigenvalue weighted by molar-refractivity contribution is 1.23. The molecule has 0 unspecified atom stereocenters. The third kappa shape index (κ3) is 3.27. The third-order valence-corrected chi connectivity index (χ3v) is 4.63. The van der Waals surface area contributed by atoms with Crippen molar-refractivity contribution in [2.24, 2.45) is 0 Å². The summed E-state index contributed by atoms with van der Waals surface area (Å²) in [6.45, 7) is 4.25. The molecule has 0 amide bonds. The van der Waals surface area contributed by atoms with Crippen LogP contribution in [0.1, 0.15) is 16.7 Å². The average Bonchev–Trinajstić information content (AvgIpc) is 2.27. The van der Waals surface area contributed by atoms with E-state index in [9.17, 15) is 0 Å². The van der Waals surface area contributed by atoms with Gasteiger partial charge < -0.3 is 5.73 Å². The molecular formula is C14H15BrN2S. The Morgan fingerprint density at radius 3 is 2.44 bits per heavy atom. The standard InChI is InChI=1S/C14H15BrN2S/c1-9-3-10(2)5-11(4-9)8-18-14-12(15)6-17-7-13(14)16/h3-7H,8,16H2,1-2H3. The highest BCUT2D eigenvalue weighted by molar-refractivity contribution is 9.10. The Morgan fingerprint density at radius 1 is 1.17 bits per heavy atom. The van der Waals surface area contributed by atoms with Gasteiger partial charge in [0.1, 0.15) is 0 Å². The van der Waals surface area contributed by atoms with E-state index in [0.29, 0.717) is 0 Å². The molecule has 0 aliphatic rings. The normalized spacial score (nSPS) is 10.6. The van der Waals surface area contributed by atoms with Crippen LogP contribution in [0.2, 0.25) is 0 Å². The van der Waals surface area contributed by atoms with Crippen molar-refractivity contribution in [3.05, 3.63) is 51.8 Å². The average molecular weight is 323 g/mol. The number of nitrogens with zero attached hydrogens (tertiary/aromatic N) is 1. The number of halogens is 1. The lowest BCUT2D eigenvalue weighted by atomic mass is 10.1. The first-order valence-electron chi connectivity index (χ1n) is 5.65. The Balaban J connectivity index is 2.16. The van der Waals surface area contributed by atoms with E-state index in [-0.39, 0.29) is 0 Å². The summed E-state index contributed by atoms with van der Waals surface area (Å²) < 4.78 is 0.955. The molecule has 1 aromatic heterocycles. The van der Waals surface area contributed by atoms with Gasteiger partial charge in [-0.2, -0.15) is 0 Å². The Morgan fingerprint density at radius 2 is 1.83 bits per heavy atom. The Kier molecular flexibility index (Phi) is 4.30. The van der Waals surface area contributed by atoms with Gasteiger partial charge in [-0.15, -0.1) is 11.8 Å². The van der Waals surface area contributed by atoms with Crippen LogP contribution in [0.3, 0.4) is 0 Å². The van der Waals surface area contributed by atoms with Gasteiger partial charge in [-0.3, -0.25) is 4.98 Å². The number of nitrogens with two attached hydrogens (primary N) is 1. The molecule has 0 bridgehead atoms. The van der Waals surface area contributed by atoms with Gasteiger partial charge in [0.2, 0.25) is 0 Å². The molecule has 2 nitrogen and oxygen atoms in total. The van der Waals surface area contributed by atoms with Gasteiger partial charge in [0.15, 0.2) is 0 Å². The van der Waals surface area contributed by atoms with Crippen LogP contribution in [0, 0.1) is 13.8 Å². The van der Waals surface area contributed by atoms with E-state index < -0.39 is 0 Å². The topological polar surface area (TPSA) is 38.9 Å². The number of rotatable bonds is 3. The molecule has 2 aromatic rings. The summed E-state index contributed by atoms with van der Waals surface area (Å²) in [4.78, 5) is 5.10. The molecule has 4 heteroatoms. The predicted octanol–water partition coefficient (Wildman–Crippen LogP) is 4.34. The van der Waals surface area contributed by atoms with Crippen molar-refractivity contribution in [3.63, 3.8) is 0 Å². The van der Waals surface area contributed by atoms with Crippen LogP contribution < -0.4 is 5.73 Å². The van der Waals surface area contributed by atoms with Crippen molar-refractivity contribution in [1.82, 2.24) is 4.98 Å². The molecule has 2 rings (SSSR count). The Labute approximate surface area is 120 Å². The molecule has 0 aliphatic heterocycles. The first-order valence-corrected chi connectivity index (χ1v) is 7.43. The maximum absolute atomic E-state index is 5.93. The van der Waals surface area contributed by atoms with Crippen molar-refractivity contribution in [2.45, 2.75) is 24.5 Å². The number of thioether (sulfide) groups is 1. The first kappa shape index (κ1) is 13.4. The number of aryl methyl sites for hydroxylation is 2. The highest BCUT2D eigenvalue weighted by Gasteiger charge is 2.06. The second-order valence-electron chi connectivity index (χ2n) is 4.32. The van der Waals surface area contributed by atoms with Gasteiger partial charge in [-0.25, -0.2) is 0 Å². The summed E-state index contributed by atoms with van der Waals surface area (Å²) in [5.41, 5.74) is 10.6. The van der Waals surface area contributed by atoms with Gasteiger partial charge in [0.25, 0.3) is 0 Å². The Hall–Kier alpha value is -1.00. The molecule has 2 N–H and O–H groups in total. The molecule has 0 fully saturated rings. The number of nitrogen functional groups attached to an aromatic ring is 1. The van der Waals surface area contributed by atoms with Crippen molar-refractivity contribution in [2.75, 3.05) is 5.73 Å². The number of anilines is 1. The smallest absolute Gasteiger partial charge is 0.0650 e. The molecule has 0 saturated carbocycles. The minimum Gasteiger partial charge on any atom is -0.397 e. The summed E-state index contributed by atoms with van der Waals surface area (Å²) >= 11 is 5.22. The molecule has 1 heterocycles. The van der Waals surface area contributed by atoms with E-state index in [1.165, 1.54) is 16.7 Å². The predicted molar refractivity (Wildman–Crippen MR) is 81.8 cm³/mol. The van der Waals surface area contributed by atoms with Crippen LogP contribution in [0.15, 0.2) is 40.0 Å². The minimum absolute atomic E-state index is 0.721. The maximum atomic E-state index is 5.93. The molecular weight excluding hydrogens is 308 g/mol. The molecule has 1 aromatic carbocycles. The van der Waals surface area contributed by atoms with Crippen LogP contribution in [0.5, 0.6) is 0 Å². The summed E-state index contributed by atoms with van der Waals surface area (Å²) in [5.74, 6) is 0.912. The second kappa shape index (κ2) is 5.76. The molecule has 0 radical (unpaired) electrons. The molecule has 0 aliphatic carbocycles. The van der Waals surface area contributed by atoms with Crippen LogP contribution in [-0.4, -0.2) is 4.98 Å². The van der Waals surface area contributed by atoms with Crippen LogP contribution >= 0.6 is 27.7 Å². The third-order valence-electron chi connectivity index (χ3n) is 2.55. The van der Waals surface area contributed by atoms with Crippen molar-refractivity contribution < 1.29 is 0 Å². The summed E-state index contributed by atoms with van der Waals surface area (Å²) in [6, 6.07) is 6.61. The highest BCUT2D eigenvalue weighted by atomic mass is 79.9. The van der Waals surface area contributed by atoms with Crippen molar-refractivity contribution in [1.29, 1.82) is 0 Å². The largest absolute Gasteiger partial charge is 0.397 e. The molecule has 0 spiro atoms. The molecule has 94 valence electrons. The van der Waals surface area contributed by atoms with Gasteiger partial charge in [0, 0.05) is 16.8 Å². The fourth-order valence-electron chi connectivity index (χ4n) is 1.90. The summed E-state index contributed by atoms with van der Waals surface area (Å²) in [6.07, 6.45) is 3.47. The summed E-state index contributed by atoms with van der Waals surface area (Å²) in [7, 11) is 0. The van der Waals surface area contributed by atoms with E-state index >= 15 is 0 Å². The zero-order valence-electron chi connectivity index (χ0n) is 10.4. The Bertz CT molecular complexity index is 529. The molecule has 18 heavy (non-hydrogen) atoms. The van der Waals surface area contributed by atoms with E-state index in [4.69, 9.17) is 5.73 Å². The van der Waals surface area contributed by atoms with Gasteiger partial charge >= 0.3 is 0 Å². The van der Waals surface area contributed by atoms with Crippen LogP contribution in [0.25, 0.3) is 0 Å².